The number of carboxylic acids is 2. The largest absolute Gasteiger partial charge is 0.488 e. The Kier molecular flexibility index (Phi) is 8.79. The van der Waals surface area contributed by atoms with Crippen molar-refractivity contribution in [3.63, 3.8) is 0 Å². The van der Waals surface area contributed by atoms with Gasteiger partial charge in [-0.3, -0.25) is 9.59 Å². The summed E-state index contributed by atoms with van der Waals surface area (Å²) in [6.07, 6.45) is -0.735. The predicted molar refractivity (Wildman–Crippen MR) is 151 cm³/mol. The van der Waals surface area contributed by atoms with Crippen molar-refractivity contribution in [2.24, 2.45) is 0 Å². The van der Waals surface area contributed by atoms with Crippen LogP contribution in [0.1, 0.15) is 69.2 Å². The van der Waals surface area contributed by atoms with E-state index in [1.807, 2.05) is 6.92 Å². The van der Waals surface area contributed by atoms with Gasteiger partial charge in [0.05, 0.1) is 24.1 Å². The van der Waals surface area contributed by atoms with E-state index in [0.717, 1.165) is 5.56 Å². The van der Waals surface area contributed by atoms with E-state index in [2.05, 4.69) is 5.32 Å². The number of para-hydroxylation sites is 1. The molecule has 1 amide bonds. The summed E-state index contributed by atoms with van der Waals surface area (Å²) in [5.74, 6) is -3.37. The van der Waals surface area contributed by atoms with Crippen molar-refractivity contribution < 1.29 is 37.8 Å². The number of carboxylic acid groups (broad SMARTS) is 2. The summed E-state index contributed by atoms with van der Waals surface area (Å²) in [4.78, 5) is 36.4. The maximum atomic E-state index is 13.6. The third kappa shape index (κ3) is 6.41. The van der Waals surface area contributed by atoms with Crippen LogP contribution in [-0.2, 0) is 21.4 Å². The molecule has 11 heteroatoms. The van der Waals surface area contributed by atoms with Crippen LogP contribution in [0.3, 0.4) is 0 Å². The summed E-state index contributed by atoms with van der Waals surface area (Å²) in [5, 5.41) is 21.9. The number of hydrogen-bond acceptors (Lipinski definition) is 6. The first-order valence-electron chi connectivity index (χ1n) is 13.1. The van der Waals surface area contributed by atoms with Crippen LogP contribution < -0.4 is 10.1 Å². The molecule has 10 nitrogen and oxygen atoms in total. The minimum Gasteiger partial charge on any atom is -0.488 e. The first-order valence-corrected chi connectivity index (χ1v) is 14.6. The van der Waals surface area contributed by atoms with Gasteiger partial charge in [-0.2, -0.15) is 4.31 Å². The number of benzene rings is 3. The average molecular weight is 581 g/mol. The number of fused-ring (bicyclic) bond motifs is 1. The van der Waals surface area contributed by atoms with Crippen LogP contribution in [0, 0.1) is 6.92 Å². The second-order valence-electron chi connectivity index (χ2n) is 9.98. The summed E-state index contributed by atoms with van der Waals surface area (Å²) in [7, 11) is -3.89. The number of rotatable bonds is 9. The number of amides is 1. The minimum absolute atomic E-state index is 0.0337. The fourth-order valence-corrected chi connectivity index (χ4v) is 6.58. The van der Waals surface area contributed by atoms with E-state index < -0.39 is 39.9 Å². The number of hydrogen-bond donors (Lipinski definition) is 3. The fourth-order valence-electron chi connectivity index (χ4n) is 4.97. The first kappa shape index (κ1) is 29.8. The molecular formula is C30H32N2O8S. The highest BCUT2D eigenvalue weighted by Crippen LogP contribution is 2.34. The van der Waals surface area contributed by atoms with E-state index in [1.165, 1.54) is 28.6 Å². The Labute approximate surface area is 238 Å². The van der Waals surface area contributed by atoms with Crippen LogP contribution in [0.5, 0.6) is 5.75 Å². The molecule has 216 valence electrons. The Morgan fingerprint density at radius 1 is 1.02 bits per heavy atom. The molecule has 1 aliphatic heterocycles. The number of nitrogens with one attached hydrogen (secondary N) is 1. The molecular weight excluding hydrogens is 548 g/mol. The standard InChI is InChI=1S/C30H32N2O8S/c1-4-31-29(35)25-14-21(11-12-23(25)30(36)37)24(15-28(33)34)20-10-9-18(2)22(13-20)17-32-16-19(3)40-26-7-5-6-8-27(26)41(32,38)39/h5-14,19,24H,4,15-17H2,1-3H3,(H,31,35)(H,33,34)(H,36,37). The SMILES string of the molecule is CCNC(=O)c1cc(C(CC(=O)O)c2ccc(C)c(CN3CC(C)Oc4ccccc4S3(=O)=O)c2)ccc1C(=O)O. The van der Waals surface area contributed by atoms with Gasteiger partial charge in [-0.05, 0) is 67.3 Å². The molecule has 3 aromatic carbocycles. The van der Waals surface area contributed by atoms with Crippen molar-refractivity contribution in [3.05, 3.63) is 94.0 Å². The monoisotopic (exact) mass is 580 g/mol. The third-order valence-corrected chi connectivity index (χ3v) is 8.87. The van der Waals surface area contributed by atoms with Gasteiger partial charge < -0.3 is 20.3 Å². The number of carbonyl (C=O) groups excluding carboxylic acids is 1. The predicted octanol–water partition coefficient (Wildman–Crippen LogP) is 4.02. The smallest absolute Gasteiger partial charge is 0.336 e. The van der Waals surface area contributed by atoms with E-state index in [0.29, 0.717) is 22.4 Å². The number of ether oxygens (including phenoxy) is 1. The van der Waals surface area contributed by atoms with E-state index in [4.69, 9.17) is 4.74 Å². The van der Waals surface area contributed by atoms with E-state index in [-0.39, 0.29) is 42.1 Å². The maximum Gasteiger partial charge on any atom is 0.336 e. The molecule has 2 atom stereocenters. The molecule has 0 aromatic heterocycles. The topological polar surface area (TPSA) is 150 Å². The lowest BCUT2D eigenvalue weighted by Crippen LogP contribution is -2.35. The number of aryl methyl sites for hydroxylation is 1. The number of aromatic carboxylic acids is 1. The van der Waals surface area contributed by atoms with Crippen LogP contribution in [0.2, 0.25) is 0 Å². The molecule has 0 saturated heterocycles. The van der Waals surface area contributed by atoms with Crippen molar-refractivity contribution in [1.82, 2.24) is 9.62 Å². The van der Waals surface area contributed by atoms with Gasteiger partial charge >= 0.3 is 11.9 Å². The molecule has 1 aliphatic rings. The molecule has 0 spiro atoms. The zero-order chi connectivity index (χ0) is 29.9. The highest BCUT2D eigenvalue weighted by molar-refractivity contribution is 7.89. The summed E-state index contributed by atoms with van der Waals surface area (Å²) < 4.78 is 34.4. The highest BCUT2D eigenvalue weighted by Gasteiger charge is 2.33. The molecule has 1 heterocycles. The number of carbonyl (C=O) groups is 3. The number of sulfonamides is 1. The lowest BCUT2D eigenvalue weighted by atomic mass is 9.85. The summed E-state index contributed by atoms with van der Waals surface area (Å²) in [6, 6.07) is 16.1. The van der Waals surface area contributed by atoms with Crippen LogP contribution >= 0.6 is 0 Å². The molecule has 0 bridgehead atoms. The molecule has 0 aliphatic carbocycles. The van der Waals surface area contributed by atoms with Gasteiger partial charge in [0, 0.05) is 19.0 Å². The number of nitrogens with zero attached hydrogens (tertiary/aromatic N) is 1. The Morgan fingerprint density at radius 2 is 1.71 bits per heavy atom. The zero-order valence-corrected chi connectivity index (χ0v) is 23.8. The van der Waals surface area contributed by atoms with Crippen molar-refractivity contribution in [3.8, 4) is 5.75 Å². The first-order chi connectivity index (χ1) is 19.4. The Morgan fingerprint density at radius 3 is 2.39 bits per heavy atom. The second kappa shape index (κ2) is 12.1. The normalized spacial score (nSPS) is 17.0. The van der Waals surface area contributed by atoms with Crippen LogP contribution in [0.15, 0.2) is 65.6 Å². The summed E-state index contributed by atoms with van der Waals surface area (Å²) in [6.45, 7) is 5.79. The summed E-state index contributed by atoms with van der Waals surface area (Å²) in [5.41, 5.74) is 2.28. The molecule has 0 radical (unpaired) electrons. The van der Waals surface area contributed by atoms with Crippen LogP contribution in [0.4, 0.5) is 0 Å². The minimum atomic E-state index is -3.89. The van der Waals surface area contributed by atoms with E-state index in [1.54, 1.807) is 50.2 Å². The molecule has 0 saturated carbocycles. The fraction of sp³-hybridized carbons (Fsp3) is 0.300. The summed E-state index contributed by atoms with van der Waals surface area (Å²) >= 11 is 0. The molecule has 41 heavy (non-hydrogen) atoms. The quantitative estimate of drug-likeness (QED) is 0.343. The number of aliphatic carboxylic acids is 1. The highest BCUT2D eigenvalue weighted by atomic mass is 32.2. The molecule has 2 unspecified atom stereocenters. The van der Waals surface area contributed by atoms with Gasteiger partial charge in [-0.25, -0.2) is 13.2 Å². The van der Waals surface area contributed by atoms with Crippen molar-refractivity contribution in [2.75, 3.05) is 13.1 Å². The third-order valence-electron chi connectivity index (χ3n) is 7.02. The van der Waals surface area contributed by atoms with Gasteiger partial charge in [0.2, 0.25) is 10.0 Å². The van der Waals surface area contributed by atoms with Crippen LogP contribution in [-0.4, -0.2) is 60.0 Å². The van der Waals surface area contributed by atoms with Gasteiger partial charge in [-0.15, -0.1) is 0 Å². The lowest BCUT2D eigenvalue weighted by Gasteiger charge is -2.24. The Hall–Kier alpha value is -4.22. The Balaban J connectivity index is 1.76. The van der Waals surface area contributed by atoms with Gasteiger partial charge in [0.25, 0.3) is 5.91 Å². The van der Waals surface area contributed by atoms with Crippen molar-refractivity contribution in [2.45, 2.75) is 50.7 Å². The van der Waals surface area contributed by atoms with Gasteiger partial charge in [-0.1, -0.05) is 36.4 Å². The molecule has 3 aromatic rings. The van der Waals surface area contributed by atoms with Crippen molar-refractivity contribution in [1.29, 1.82) is 0 Å². The zero-order valence-electron chi connectivity index (χ0n) is 23.0. The van der Waals surface area contributed by atoms with Crippen LogP contribution in [0.25, 0.3) is 0 Å². The molecule has 3 N–H and O–H groups in total. The molecule has 4 rings (SSSR count). The second-order valence-corrected chi connectivity index (χ2v) is 11.9. The van der Waals surface area contributed by atoms with E-state index >= 15 is 0 Å². The Bertz CT molecular complexity index is 1600. The maximum absolute atomic E-state index is 13.6. The average Bonchev–Trinajstić information content (AvgIpc) is 3.01. The van der Waals surface area contributed by atoms with Gasteiger partial charge in [0.15, 0.2) is 0 Å². The van der Waals surface area contributed by atoms with Crippen molar-refractivity contribution >= 4 is 27.9 Å². The lowest BCUT2D eigenvalue weighted by molar-refractivity contribution is -0.137. The van der Waals surface area contributed by atoms with E-state index in [9.17, 15) is 33.0 Å². The van der Waals surface area contributed by atoms with Gasteiger partial charge in [0.1, 0.15) is 16.7 Å². The molecule has 0 fully saturated rings.